The van der Waals surface area contributed by atoms with Crippen LogP contribution in [0.1, 0.15) is 35.4 Å². The molecular formula is C13H18F3NOS. The molecule has 1 aromatic rings. The molecule has 0 atom stereocenters. The Morgan fingerprint density at radius 1 is 1.26 bits per heavy atom. The van der Waals surface area contributed by atoms with Crippen LogP contribution in [-0.4, -0.2) is 18.8 Å². The molecule has 1 N–H and O–H groups in total. The minimum absolute atomic E-state index is 0.0327. The van der Waals surface area contributed by atoms with E-state index in [0.29, 0.717) is 12.6 Å². The number of hydrogen-bond acceptors (Lipinski definition) is 3. The van der Waals surface area contributed by atoms with Gasteiger partial charge < -0.3 is 10.1 Å². The van der Waals surface area contributed by atoms with Gasteiger partial charge in [0.05, 0.1) is 6.61 Å². The number of halogens is 3. The molecule has 1 saturated carbocycles. The molecule has 0 spiro atoms. The monoisotopic (exact) mass is 293 g/mol. The summed E-state index contributed by atoms with van der Waals surface area (Å²) in [5.74, 6) is 0. The Kier molecular flexibility index (Phi) is 5.24. The fourth-order valence-corrected chi connectivity index (χ4v) is 2.58. The van der Waals surface area contributed by atoms with Crippen LogP contribution in [0.5, 0.6) is 0 Å². The highest BCUT2D eigenvalue weighted by Crippen LogP contribution is 2.23. The van der Waals surface area contributed by atoms with Crippen LogP contribution in [0.4, 0.5) is 13.2 Å². The molecule has 0 bridgehead atoms. The van der Waals surface area contributed by atoms with Gasteiger partial charge in [-0.25, -0.2) is 0 Å². The zero-order valence-corrected chi connectivity index (χ0v) is 11.4. The first-order valence-corrected chi connectivity index (χ1v) is 7.30. The number of thiophene rings is 1. The van der Waals surface area contributed by atoms with Crippen LogP contribution in [0.15, 0.2) is 12.1 Å². The maximum Gasteiger partial charge on any atom is 0.389 e. The molecule has 2 rings (SSSR count). The van der Waals surface area contributed by atoms with Gasteiger partial charge >= 0.3 is 6.18 Å². The highest BCUT2D eigenvalue weighted by atomic mass is 32.1. The summed E-state index contributed by atoms with van der Waals surface area (Å²) in [6.45, 7) is 1.45. The first-order chi connectivity index (χ1) is 9.03. The minimum atomic E-state index is -4.08. The third kappa shape index (κ3) is 6.40. The van der Waals surface area contributed by atoms with Crippen LogP contribution < -0.4 is 5.32 Å². The molecule has 1 aliphatic rings. The predicted octanol–water partition coefficient (Wildman–Crippen LogP) is 3.86. The molecule has 0 unspecified atom stereocenters. The fourth-order valence-electron chi connectivity index (χ4n) is 1.67. The minimum Gasteiger partial charge on any atom is -0.376 e. The van der Waals surface area contributed by atoms with Crippen molar-refractivity contribution in [2.75, 3.05) is 6.61 Å². The van der Waals surface area contributed by atoms with Crippen molar-refractivity contribution in [1.82, 2.24) is 5.32 Å². The van der Waals surface area contributed by atoms with Crippen LogP contribution >= 0.6 is 11.3 Å². The first-order valence-electron chi connectivity index (χ1n) is 6.48. The van der Waals surface area contributed by atoms with E-state index in [2.05, 4.69) is 11.4 Å². The Bertz CT molecular complexity index is 387. The van der Waals surface area contributed by atoms with E-state index in [4.69, 9.17) is 4.74 Å². The summed E-state index contributed by atoms with van der Waals surface area (Å²) in [5.41, 5.74) is 0. The first kappa shape index (κ1) is 14.8. The van der Waals surface area contributed by atoms with E-state index in [-0.39, 0.29) is 13.0 Å². The Balaban J connectivity index is 1.57. The Labute approximate surface area is 115 Å². The van der Waals surface area contributed by atoms with E-state index in [9.17, 15) is 13.2 Å². The predicted molar refractivity (Wildman–Crippen MR) is 69.1 cm³/mol. The molecule has 0 saturated heterocycles. The molecule has 1 aromatic heterocycles. The molecule has 1 fully saturated rings. The maximum absolute atomic E-state index is 11.9. The average Bonchev–Trinajstić information content (AvgIpc) is 3.05. The maximum atomic E-state index is 11.9. The van der Waals surface area contributed by atoms with Crippen molar-refractivity contribution in [3.63, 3.8) is 0 Å². The zero-order valence-electron chi connectivity index (χ0n) is 10.6. The molecule has 6 heteroatoms. The second-order valence-corrected chi connectivity index (χ2v) is 6.05. The van der Waals surface area contributed by atoms with E-state index in [1.54, 1.807) is 11.3 Å². The summed E-state index contributed by atoms with van der Waals surface area (Å²) in [5, 5.41) is 3.42. The van der Waals surface area contributed by atoms with Gasteiger partial charge in [-0.15, -0.1) is 11.3 Å². The third-order valence-corrected chi connectivity index (χ3v) is 3.91. The fraction of sp³-hybridized carbons (Fsp3) is 0.692. The Morgan fingerprint density at radius 2 is 2.00 bits per heavy atom. The largest absolute Gasteiger partial charge is 0.389 e. The van der Waals surface area contributed by atoms with Gasteiger partial charge in [0.15, 0.2) is 0 Å². The van der Waals surface area contributed by atoms with Crippen molar-refractivity contribution in [3.05, 3.63) is 21.9 Å². The topological polar surface area (TPSA) is 21.3 Å². The third-order valence-electron chi connectivity index (χ3n) is 2.85. The Hall–Kier alpha value is -0.590. The Morgan fingerprint density at radius 3 is 2.68 bits per heavy atom. The molecule has 1 heterocycles. The van der Waals surface area contributed by atoms with Crippen LogP contribution in [0.25, 0.3) is 0 Å². The van der Waals surface area contributed by atoms with Gasteiger partial charge in [0.25, 0.3) is 0 Å². The lowest BCUT2D eigenvalue weighted by molar-refractivity contribution is -0.138. The number of rotatable bonds is 8. The molecule has 2 nitrogen and oxygen atoms in total. The molecule has 0 aromatic carbocycles. The number of alkyl halides is 3. The van der Waals surface area contributed by atoms with Crippen LogP contribution in [0, 0.1) is 0 Å². The van der Waals surface area contributed by atoms with Crippen molar-refractivity contribution >= 4 is 11.3 Å². The van der Waals surface area contributed by atoms with Gasteiger partial charge in [-0.1, -0.05) is 0 Å². The lowest BCUT2D eigenvalue weighted by Gasteiger charge is -2.06. The number of hydrogen-bond donors (Lipinski definition) is 1. The van der Waals surface area contributed by atoms with Crippen molar-refractivity contribution in [2.24, 2.45) is 0 Å². The quantitative estimate of drug-likeness (QED) is 0.735. The van der Waals surface area contributed by atoms with E-state index in [1.807, 2.05) is 6.07 Å². The number of ether oxygens (including phenoxy) is 1. The molecule has 0 aliphatic heterocycles. The average molecular weight is 293 g/mol. The van der Waals surface area contributed by atoms with Gasteiger partial charge in [0.1, 0.15) is 0 Å². The summed E-state index contributed by atoms with van der Waals surface area (Å²) < 4.78 is 41.0. The molecule has 108 valence electrons. The lowest BCUT2D eigenvalue weighted by Crippen LogP contribution is -2.14. The summed E-state index contributed by atoms with van der Waals surface area (Å²) >= 11 is 1.66. The van der Waals surface area contributed by atoms with E-state index < -0.39 is 12.6 Å². The summed E-state index contributed by atoms with van der Waals surface area (Å²) in [4.78, 5) is 2.32. The van der Waals surface area contributed by atoms with Gasteiger partial charge in [0.2, 0.25) is 0 Å². The van der Waals surface area contributed by atoms with Crippen molar-refractivity contribution < 1.29 is 17.9 Å². The summed E-state index contributed by atoms with van der Waals surface area (Å²) in [6, 6.07) is 4.72. The van der Waals surface area contributed by atoms with Gasteiger partial charge in [-0.05, 0) is 31.4 Å². The summed E-state index contributed by atoms with van der Waals surface area (Å²) in [7, 11) is 0. The molecular weight excluding hydrogens is 275 g/mol. The van der Waals surface area contributed by atoms with Gasteiger partial charge in [-0.3, -0.25) is 0 Å². The van der Waals surface area contributed by atoms with E-state index in [1.165, 1.54) is 17.7 Å². The number of nitrogens with one attached hydrogen (secondary N) is 1. The standard InChI is InChI=1S/C13H18F3NOS/c14-13(15,16)6-1-7-18-9-12-5-4-11(19-12)8-17-10-2-3-10/h4-5,10,17H,1-3,6-9H2. The highest BCUT2D eigenvalue weighted by Gasteiger charge is 2.25. The lowest BCUT2D eigenvalue weighted by atomic mass is 10.3. The molecule has 19 heavy (non-hydrogen) atoms. The van der Waals surface area contributed by atoms with Gasteiger partial charge in [-0.2, -0.15) is 13.2 Å². The summed E-state index contributed by atoms with van der Waals surface area (Å²) in [6.07, 6.45) is -2.28. The van der Waals surface area contributed by atoms with E-state index >= 15 is 0 Å². The van der Waals surface area contributed by atoms with Crippen LogP contribution in [0.2, 0.25) is 0 Å². The van der Waals surface area contributed by atoms with Crippen molar-refractivity contribution in [2.45, 2.75) is 51.1 Å². The highest BCUT2D eigenvalue weighted by molar-refractivity contribution is 7.11. The van der Waals surface area contributed by atoms with Gasteiger partial charge in [0, 0.05) is 35.4 Å². The SMILES string of the molecule is FC(F)(F)CCCOCc1ccc(CNC2CC2)s1. The van der Waals surface area contributed by atoms with Crippen LogP contribution in [0.3, 0.4) is 0 Å². The second kappa shape index (κ2) is 6.72. The van der Waals surface area contributed by atoms with Crippen molar-refractivity contribution in [3.8, 4) is 0 Å². The zero-order chi connectivity index (χ0) is 13.7. The smallest absolute Gasteiger partial charge is 0.376 e. The molecule has 0 radical (unpaired) electrons. The van der Waals surface area contributed by atoms with Crippen LogP contribution in [-0.2, 0) is 17.9 Å². The normalized spacial score (nSPS) is 15.9. The second-order valence-electron chi connectivity index (χ2n) is 4.79. The molecule has 1 aliphatic carbocycles. The van der Waals surface area contributed by atoms with E-state index in [0.717, 1.165) is 11.4 Å². The molecule has 0 amide bonds. The van der Waals surface area contributed by atoms with Crippen molar-refractivity contribution in [1.29, 1.82) is 0 Å².